The minimum atomic E-state index is 0.653. The third kappa shape index (κ3) is 2.39. The van der Waals surface area contributed by atoms with E-state index < -0.39 is 0 Å². The lowest BCUT2D eigenvalue weighted by Crippen LogP contribution is -2.31. The van der Waals surface area contributed by atoms with Crippen LogP contribution in [0, 0.1) is 5.92 Å². The molecule has 3 rings (SSSR count). The second-order valence-electron chi connectivity index (χ2n) is 5.17. The SMILES string of the molecule is CC1Cc2ccccc2N(c2ncccc2CBr)C1. The van der Waals surface area contributed by atoms with Crippen LogP contribution >= 0.6 is 15.9 Å². The molecule has 0 spiro atoms. The molecule has 1 aliphatic rings. The van der Waals surface area contributed by atoms with Gasteiger partial charge in [-0.15, -0.1) is 0 Å². The van der Waals surface area contributed by atoms with Crippen molar-refractivity contribution in [2.75, 3.05) is 11.4 Å². The fourth-order valence-corrected chi connectivity index (χ4v) is 3.21. The molecule has 1 aliphatic heterocycles. The zero-order valence-corrected chi connectivity index (χ0v) is 12.6. The molecule has 0 fully saturated rings. The van der Waals surface area contributed by atoms with Gasteiger partial charge in [0.15, 0.2) is 0 Å². The van der Waals surface area contributed by atoms with Gasteiger partial charge in [-0.05, 0) is 30.0 Å². The maximum Gasteiger partial charge on any atom is 0.137 e. The molecule has 0 saturated carbocycles. The first-order valence-electron chi connectivity index (χ1n) is 6.65. The molecule has 19 heavy (non-hydrogen) atoms. The molecule has 1 aromatic heterocycles. The topological polar surface area (TPSA) is 16.1 Å². The number of hydrogen-bond donors (Lipinski definition) is 0. The number of alkyl halides is 1. The first kappa shape index (κ1) is 12.7. The number of fused-ring (bicyclic) bond motifs is 1. The predicted molar refractivity (Wildman–Crippen MR) is 83.2 cm³/mol. The molecule has 0 radical (unpaired) electrons. The average Bonchev–Trinajstić information content (AvgIpc) is 2.46. The summed E-state index contributed by atoms with van der Waals surface area (Å²) in [7, 11) is 0. The van der Waals surface area contributed by atoms with Crippen LogP contribution in [0.15, 0.2) is 42.6 Å². The quantitative estimate of drug-likeness (QED) is 0.768. The van der Waals surface area contributed by atoms with Crippen LogP contribution in [0.25, 0.3) is 0 Å². The molecule has 3 heteroatoms. The summed E-state index contributed by atoms with van der Waals surface area (Å²) in [6.07, 6.45) is 3.03. The Kier molecular flexibility index (Phi) is 3.56. The van der Waals surface area contributed by atoms with Gasteiger partial charge in [0.2, 0.25) is 0 Å². The Morgan fingerprint density at radius 2 is 2.11 bits per heavy atom. The molecule has 2 heterocycles. The third-order valence-corrected chi connectivity index (χ3v) is 4.22. The molecule has 2 aromatic rings. The Hall–Kier alpha value is -1.35. The van der Waals surface area contributed by atoms with E-state index in [1.54, 1.807) is 0 Å². The van der Waals surface area contributed by atoms with Crippen molar-refractivity contribution in [2.24, 2.45) is 5.92 Å². The maximum absolute atomic E-state index is 4.60. The molecule has 0 amide bonds. The number of aromatic nitrogens is 1. The van der Waals surface area contributed by atoms with Crippen molar-refractivity contribution < 1.29 is 0 Å². The average molecular weight is 317 g/mol. The maximum atomic E-state index is 4.60. The van der Waals surface area contributed by atoms with Crippen molar-refractivity contribution in [1.29, 1.82) is 0 Å². The van der Waals surface area contributed by atoms with Crippen molar-refractivity contribution in [3.63, 3.8) is 0 Å². The largest absolute Gasteiger partial charge is 0.326 e. The van der Waals surface area contributed by atoms with E-state index in [-0.39, 0.29) is 0 Å². The van der Waals surface area contributed by atoms with E-state index in [0.29, 0.717) is 5.92 Å². The number of anilines is 2. The summed E-state index contributed by atoms with van der Waals surface area (Å²) in [6.45, 7) is 3.34. The molecule has 0 aliphatic carbocycles. The number of hydrogen-bond acceptors (Lipinski definition) is 2. The van der Waals surface area contributed by atoms with Gasteiger partial charge in [-0.2, -0.15) is 0 Å². The van der Waals surface area contributed by atoms with Gasteiger partial charge in [0, 0.05) is 29.3 Å². The van der Waals surface area contributed by atoms with E-state index >= 15 is 0 Å². The van der Waals surface area contributed by atoms with Gasteiger partial charge >= 0.3 is 0 Å². The summed E-state index contributed by atoms with van der Waals surface area (Å²) in [5.41, 5.74) is 3.97. The highest BCUT2D eigenvalue weighted by molar-refractivity contribution is 9.08. The van der Waals surface area contributed by atoms with Gasteiger partial charge in [-0.1, -0.05) is 47.1 Å². The molecule has 98 valence electrons. The number of halogens is 1. The van der Waals surface area contributed by atoms with E-state index in [1.807, 2.05) is 12.3 Å². The number of rotatable bonds is 2. The Labute approximate surface area is 122 Å². The van der Waals surface area contributed by atoms with Crippen molar-refractivity contribution in [3.8, 4) is 0 Å². The lowest BCUT2D eigenvalue weighted by atomic mass is 9.93. The van der Waals surface area contributed by atoms with Gasteiger partial charge < -0.3 is 4.90 Å². The van der Waals surface area contributed by atoms with Crippen molar-refractivity contribution in [2.45, 2.75) is 18.7 Å². The Morgan fingerprint density at radius 3 is 2.95 bits per heavy atom. The van der Waals surface area contributed by atoms with Crippen LogP contribution in [0.1, 0.15) is 18.1 Å². The first-order chi connectivity index (χ1) is 9.29. The highest BCUT2D eigenvalue weighted by atomic mass is 79.9. The molecule has 2 nitrogen and oxygen atoms in total. The second-order valence-corrected chi connectivity index (χ2v) is 5.73. The number of nitrogens with zero attached hydrogens (tertiary/aromatic N) is 2. The Morgan fingerprint density at radius 1 is 1.26 bits per heavy atom. The van der Waals surface area contributed by atoms with Crippen LogP contribution in [-0.4, -0.2) is 11.5 Å². The van der Waals surface area contributed by atoms with Gasteiger partial charge in [-0.3, -0.25) is 0 Å². The minimum Gasteiger partial charge on any atom is -0.326 e. The van der Waals surface area contributed by atoms with E-state index in [2.05, 4.69) is 63.1 Å². The fraction of sp³-hybridized carbons (Fsp3) is 0.312. The van der Waals surface area contributed by atoms with Gasteiger partial charge in [0.1, 0.15) is 5.82 Å². The second kappa shape index (κ2) is 5.33. The molecule has 1 aromatic carbocycles. The molecule has 1 atom stereocenters. The van der Waals surface area contributed by atoms with Crippen molar-refractivity contribution >= 4 is 27.4 Å². The highest BCUT2D eigenvalue weighted by Crippen LogP contribution is 2.36. The van der Waals surface area contributed by atoms with Gasteiger partial charge in [-0.25, -0.2) is 4.98 Å². The summed E-state index contributed by atoms with van der Waals surface area (Å²) in [5.74, 6) is 1.73. The molecule has 0 N–H and O–H groups in total. The Bertz CT molecular complexity index is 582. The summed E-state index contributed by atoms with van der Waals surface area (Å²) in [5, 5.41) is 0.837. The van der Waals surface area contributed by atoms with E-state index in [0.717, 1.165) is 24.1 Å². The van der Waals surface area contributed by atoms with Crippen LogP contribution in [-0.2, 0) is 11.8 Å². The molecular weight excluding hydrogens is 300 g/mol. The summed E-state index contributed by atoms with van der Waals surface area (Å²) >= 11 is 3.56. The van der Waals surface area contributed by atoms with E-state index in [4.69, 9.17) is 0 Å². The number of para-hydroxylation sites is 1. The number of pyridine rings is 1. The third-order valence-electron chi connectivity index (χ3n) is 3.61. The van der Waals surface area contributed by atoms with Crippen LogP contribution < -0.4 is 4.90 Å². The Balaban J connectivity index is 2.10. The van der Waals surface area contributed by atoms with Crippen molar-refractivity contribution in [1.82, 2.24) is 4.98 Å². The monoisotopic (exact) mass is 316 g/mol. The van der Waals surface area contributed by atoms with Crippen LogP contribution in [0.4, 0.5) is 11.5 Å². The van der Waals surface area contributed by atoms with Gasteiger partial charge in [0.25, 0.3) is 0 Å². The molecule has 0 saturated heterocycles. The lowest BCUT2D eigenvalue weighted by Gasteiger charge is -2.34. The summed E-state index contributed by atoms with van der Waals surface area (Å²) < 4.78 is 0. The molecule has 0 bridgehead atoms. The van der Waals surface area contributed by atoms with E-state index in [1.165, 1.54) is 16.8 Å². The zero-order chi connectivity index (χ0) is 13.2. The van der Waals surface area contributed by atoms with Crippen LogP contribution in [0.2, 0.25) is 0 Å². The van der Waals surface area contributed by atoms with E-state index in [9.17, 15) is 0 Å². The summed E-state index contributed by atoms with van der Waals surface area (Å²) in [4.78, 5) is 6.96. The van der Waals surface area contributed by atoms with Crippen LogP contribution in [0.5, 0.6) is 0 Å². The van der Waals surface area contributed by atoms with Crippen molar-refractivity contribution in [3.05, 3.63) is 53.7 Å². The van der Waals surface area contributed by atoms with Crippen LogP contribution in [0.3, 0.4) is 0 Å². The smallest absolute Gasteiger partial charge is 0.137 e. The standard InChI is InChI=1S/C16H17BrN2/c1-12-9-13-5-2-3-7-15(13)19(11-12)16-14(10-17)6-4-8-18-16/h2-8,12H,9-11H2,1H3. The normalized spacial score (nSPS) is 18.2. The lowest BCUT2D eigenvalue weighted by molar-refractivity contribution is 0.559. The fourth-order valence-electron chi connectivity index (χ4n) is 2.77. The zero-order valence-electron chi connectivity index (χ0n) is 11.0. The predicted octanol–water partition coefficient (Wildman–Crippen LogP) is 4.31. The number of benzene rings is 1. The van der Waals surface area contributed by atoms with Gasteiger partial charge in [0.05, 0.1) is 0 Å². The molecular formula is C16H17BrN2. The highest BCUT2D eigenvalue weighted by Gasteiger charge is 2.24. The minimum absolute atomic E-state index is 0.653. The summed E-state index contributed by atoms with van der Waals surface area (Å²) in [6, 6.07) is 12.8. The first-order valence-corrected chi connectivity index (χ1v) is 7.77. The molecule has 1 unspecified atom stereocenters.